The molecule has 6 aromatic carbocycles. The predicted octanol–water partition coefficient (Wildman–Crippen LogP) is 11.3. The van der Waals surface area contributed by atoms with E-state index in [1.165, 1.54) is 38.6 Å². The highest BCUT2D eigenvalue weighted by Gasteiger charge is 2.25. The van der Waals surface area contributed by atoms with Crippen molar-refractivity contribution < 1.29 is 4.42 Å². The molecule has 0 fully saturated rings. The summed E-state index contributed by atoms with van der Waals surface area (Å²) in [6, 6.07) is 42.6. The number of aromatic nitrogens is 3. The Morgan fingerprint density at radius 3 is 1.94 bits per heavy atom. The van der Waals surface area contributed by atoms with Crippen LogP contribution in [0.15, 0.2) is 144 Å². The lowest BCUT2D eigenvalue weighted by atomic mass is 9.98. The zero-order valence-corrected chi connectivity index (χ0v) is 25.4. The van der Waals surface area contributed by atoms with Crippen molar-refractivity contribution in [1.82, 2.24) is 15.0 Å². The summed E-state index contributed by atoms with van der Waals surface area (Å²) in [7, 11) is 0. The van der Waals surface area contributed by atoms with Crippen molar-refractivity contribution in [3.63, 3.8) is 0 Å². The number of rotatable bonds is 4. The summed E-state index contributed by atoms with van der Waals surface area (Å²) in [4.78, 5) is 15.2. The van der Waals surface area contributed by atoms with Gasteiger partial charge in [0.05, 0.1) is 5.56 Å². The van der Waals surface area contributed by atoms with Gasteiger partial charge in [-0.15, -0.1) is 0 Å². The minimum atomic E-state index is 0.601. The van der Waals surface area contributed by atoms with Gasteiger partial charge < -0.3 is 4.42 Å². The highest BCUT2D eigenvalue weighted by molar-refractivity contribution is 6.28. The second-order valence-corrected chi connectivity index (χ2v) is 12.2. The van der Waals surface area contributed by atoms with Crippen LogP contribution in [0.25, 0.3) is 94.4 Å². The quantitative estimate of drug-likeness (QED) is 0.201. The van der Waals surface area contributed by atoms with Crippen LogP contribution in [0.2, 0.25) is 0 Å². The highest BCUT2D eigenvalue weighted by atomic mass is 16.3. The fourth-order valence-electron chi connectivity index (χ4n) is 7.31. The van der Waals surface area contributed by atoms with Gasteiger partial charge in [0.25, 0.3) is 0 Å². The average molecular weight is 602 g/mol. The van der Waals surface area contributed by atoms with Crippen LogP contribution in [0, 0.1) is 0 Å². The van der Waals surface area contributed by atoms with Crippen molar-refractivity contribution in [2.45, 2.75) is 12.8 Å². The Kier molecular flexibility index (Phi) is 5.67. The van der Waals surface area contributed by atoms with Crippen molar-refractivity contribution in [1.29, 1.82) is 0 Å². The molecule has 0 bridgehead atoms. The summed E-state index contributed by atoms with van der Waals surface area (Å²) in [5.74, 6) is 1.91. The number of nitrogens with zero attached hydrogens (tertiary/aromatic N) is 3. The van der Waals surface area contributed by atoms with Gasteiger partial charge in [0.2, 0.25) is 0 Å². The van der Waals surface area contributed by atoms with Crippen molar-refractivity contribution in [2.24, 2.45) is 0 Å². The zero-order chi connectivity index (χ0) is 30.9. The first kappa shape index (κ1) is 26.1. The maximum Gasteiger partial charge on any atom is 0.167 e. The molecule has 220 valence electrons. The van der Waals surface area contributed by atoms with E-state index in [1.807, 2.05) is 6.07 Å². The molecule has 4 heteroatoms. The molecule has 10 rings (SSSR count). The topological polar surface area (TPSA) is 51.8 Å². The SMILES string of the molecule is C1=CC(c2nc(-c3ccc(-c4ccccc4)cc3)nc(-c3cccc4c3oc3cc5c6c(cccc6c34)-c3ccccc3-5)n2)=CCC1. The third-order valence-electron chi connectivity index (χ3n) is 9.51. The average Bonchev–Trinajstić information content (AvgIpc) is 3.69. The Morgan fingerprint density at radius 2 is 1.13 bits per heavy atom. The molecule has 2 heterocycles. The molecule has 0 spiro atoms. The van der Waals surface area contributed by atoms with Crippen LogP contribution < -0.4 is 0 Å². The number of benzene rings is 6. The van der Waals surface area contributed by atoms with Gasteiger partial charge in [0, 0.05) is 21.9 Å². The summed E-state index contributed by atoms with van der Waals surface area (Å²) in [5.41, 5.74) is 11.8. The lowest BCUT2D eigenvalue weighted by molar-refractivity contribution is 0.670. The van der Waals surface area contributed by atoms with Gasteiger partial charge in [0.15, 0.2) is 17.5 Å². The molecule has 0 saturated carbocycles. The Balaban J connectivity index is 1.18. The van der Waals surface area contributed by atoms with Gasteiger partial charge in [-0.05, 0) is 69.1 Å². The highest BCUT2D eigenvalue weighted by Crippen LogP contribution is 2.51. The number of fused-ring (bicyclic) bond motifs is 7. The van der Waals surface area contributed by atoms with E-state index in [9.17, 15) is 0 Å². The minimum Gasteiger partial charge on any atom is -0.455 e. The van der Waals surface area contributed by atoms with E-state index >= 15 is 0 Å². The molecule has 0 atom stereocenters. The summed E-state index contributed by atoms with van der Waals surface area (Å²) in [5, 5.41) is 4.67. The number of hydrogen-bond donors (Lipinski definition) is 0. The first-order chi connectivity index (χ1) is 23.3. The van der Waals surface area contributed by atoms with Gasteiger partial charge in [-0.25, -0.2) is 15.0 Å². The minimum absolute atomic E-state index is 0.601. The fourth-order valence-corrected chi connectivity index (χ4v) is 7.31. The largest absolute Gasteiger partial charge is 0.455 e. The number of para-hydroxylation sites is 1. The van der Waals surface area contributed by atoms with E-state index in [-0.39, 0.29) is 0 Å². The molecule has 0 saturated heterocycles. The number of hydrogen-bond acceptors (Lipinski definition) is 4. The van der Waals surface area contributed by atoms with E-state index in [0.29, 0.717) is 17.5 Å². The molecule has 2 aromatic heterocycles. The van der Waals surface area contributed by atoms with E-state index in [4.69, 9.17) is 19.4 Å². The number of allylic oxidation sites excluding steroid dienone is 4. The van der Waals surface area contributed by atoms with Crippen LogP contribution in [0.5, 0.6) is 0 Å². The molecular formula is C43H27N3O. The molecule has 0 aliphatic heterocycles. The van der Waals surface area contributed by atoms with E-state index < -0.39 is 0 Å². The zero-order valence-electron chi connectivity index (χ0n) is 25.4. The molecule has 0 unspecified atom stereocenters. The van der Waals surface area contributed by atoms with Crippen LogP contribution in [0.4, 0.5) is 0 Å². The van der Waals surface area contributed by atoms with Crippen LogP contribution in [0.3, 0.4) is 0 Å². The van der Waals surface area contributed by atoms with Crippen LogP contribution in [-0.2, 0) is 0 Å². The lowest BCUT2D eigenvalue weighted by Crippen LogP contribution is -2.03. The Bertz CT molecular complexity index is 2610. The molecule has 0 radical (unpaired) electrons. The van der Waals surface area contributed by atoms with Crippen LogP contribution in [-0.4, -0.2) is 15.0 Å². The van der Waals surface area contributed by atoms with Crippen molar-refractivity contribution in [2.75, 3.05) is 0 Å². The second-order valence-electron chi connectivity index (χ2n) is 12.2. The monoisotopic (exact) mass is 601 g/mol. The molecular weight excluding hydrogens is 574 g/mol. The van der Waals surface area contributed by atoms with Crippen LogP contribution >= 0.6 is 0 Å². The molecule has 8 aromatic rings. The van der Waals surface area contributed by atoms with E-state index in [2.05, 4.69) is 133 Å². The molecule has 0 amide bonds. The summed E-state index contributed by atoms with van der Waals surface area (Å²) >= 11 is 0. The summed E-state index contributed by atoms with van der Waals surface area (Å²) in [6.07, 6.45) is 8.51. The van der Waals surface area contributed by atoms with Gasteiger partial charge >= 0.3 is 0 Å². The van der Waals surface area contributed by atoms with Gasteiger partial charge in [-0.1, -0.05) is 127 Å². The smallest absolute Gasteiger partial charge is 0.167 e. The Morgan fingerprint density at radius 1 is 0.468 bits per heavy atom. The van der Waals surface area contributed by atoms with Crippen molar-refractivity contribution in [3.05, 3.63) is 145 Å². The predicted molar refractivity (Wildman–Crippen MR) is 192 cm³/mol. The second kappa shape index (κ2) is 10.2. The first-order valence-electron chi connectivity index (χ1n) is 16.1. The normalized spacial score (nSPS) is 13.4. The van der Waals surface area contributed by atoms with Crippen molar-refractivity contribution >= 4 is 38.3 Å². The van der Waals surface area contributed by atoms with Gasteiger partial charge in [0.1, 0.15) is 11.2 Å². The molecule has 2 aliphatic carbocycles. The van der Waals surface area contributed by atoms with Crippen molar-refractivity contribution in [3.8, 4) is 56.2 Å². The summed E-state index contributed by atoms with van der Waals surface area (Å²) < 4.78 is 6.79. The molecule has 47 heavy (non-hydrogen) atoms. The molecule has 2 aliphatic rings. The van der Waals surface area contributed by atoms with Gasteiger partial charge in [-0.3, -0.25) is 0 Å². The Hall–Kier alpha value is -6.13. The number of furan rings is 1. The first-order valence-corrected chi connectivity index (χ1v) is 16.1. The third kappa shape index (κ3) is 4.05. The van der Waals surface area contributed by atoms with E-state index in [1.54, 1.807) is 0 Å². The van der Waals surface area contributed by atoms with E-state index in [0.717, 1.165) is 57.0 Å². The standard InChI is InChI=1S/C43H27N3O/c1-3-11-26(12-4-1)27-21-23-29(24-22-27)42-44-41(28-13-5-2-6-14-28)45-43(46-42)35-20-10-19-34-39-33-18-9-17-32-30-15-7-8-16-31(30)36(38(32)33)25-37(39)47-40(34)35/h1,3-5,7-25H,2,6H2. The fraction of sp³-hybridized carbons (Fsp3) is 0.0465. The van der Waals surface area contributed by atoms with Crippen LogP contribution in [0.1, 0.15) is 18.7 Å². The maximum atomic E-state index is 6.79. The Labute approximate surface area is 271 Å². The maximum absolute atomic E-state index is 6.79. The van der Waals surface area contributed by atoms with Gasteiger partial charge in [-0.2, -0.15) is 0 Å². The molecule has 0 N–H and O–H groups in total. The lowest BCUT2D eigenvalue weighted by Gasteiger charge is -2.11. The molecule has 4 nitrogen and oxygen atoms in total. The third-order valence-corrected chi connectivity index (χ3v) is 9.51. The summed E-state index contributed by atoms with van der Waals surface area (Å²) in [6.45, 7) is 0.